The normalized spacial score (nSPS) is 12.1. The minimum Gasteiger partial charge on any atom is -0.278 e. The molecule has 0 saturated carbocycles. The molecular weight excluding hydrogens is 285 g/mol. The van der Waals surface area contributed by atoms with Crippen molar-refractivity contribution in [2.45, 2.75) is 11.9 Å². The lowest BCUT2D eigenvalue weighted by atomic mass is 10.2. The molecule has 0 spiro atoms. The predicted molar refractivity (Wildman–Crippen MR) is 58.9 cm³/mol. The second-order valence-corrected chi connectivity index (χ2v) is 5.24. The Labute approximate surface area is 107 Å². The van der Waals surface area contributed by atoms with Gasteiger partial charge in [-0.2, -0.15) is 18.4 Å². The van der Waals surface area contributed by atoms with Crippen LogP contribution in [0.5, 0.6) is 0 Å². The van der Waals surface area contributed by atoms with Gasteiger partial charge in [0.15, 0.2) is 6.61 Å². The number of sulfonamides is 1. The molecule has 0 aliphatic rings. The first kappa shape index (κ1) is 15.4. The zero-order chi connectivity index (χ0) is 14.5. The highest BCUT2D eigenvalue weighted by molar-refractivity contribution is 7.88. The highest BCUT2D eigenvalue weighted by Crippen LogP contribution is 2.14. The summed E-state index contributed by atoms with van der Waals surface area (Å²) in [4.78, 5) is 5.23. The minimum atomic E-state index is -4.62. The molecule has 0 fully saturated rings. The van der Waals surface area contributed by atoms with Crippen LogP contribution < -0.4 is 4.89 Å². The van der Waals surface area contributed by atoms with Gasteiger partial charge in [0, 0.05) is 0 Å². The third-order valence-electron chi connectivity index (χ3n) is 1.83. The van der Waals surface area contributed by atoms with Crippen LogP contribution >= 0.6 is 0 Å². The fraction of sp³-hybridized carbons (Fsp3) is 0.300. The average molecular weight is 294 g/mol. The van der Waals surface area contributed by atoms with Crippen LogP contribution in [0.2, 0.25) is 0 Å². The summed E-state index contributed by atoms with van der Waals surface area (Å²) >= 11 is 0. The van der Waals surface area contributed by atoms with Crippen molar-refractivity contribution < 1.29 is 26.4 Å². The van der Waals surface area contributed by atoms with Crippen molar-refractivity contribution in [1.29, 1.82) is 5.26 Å². The molecule has 5 nitrogen and oxygen atoms in total. The first-order chi connectivity index (χ1) is 8.72. The second-order valence-electron chi connectivity index (χ2n) is 3.56. The summed E-state index contributed by atoms with van der Waals surface area (Å²) < 4.78 is 58.1. The van der Waals surface area contributed by atoms with Crippen LogP contribution in [0, 0.1) is 11.3 Å². The number of nitriles is 1. The minimum absolute atomic E-state index is 0.254. The van der Waals surface area contributed by atoms with E-state index >= 15 is 0 Å². The van der Waals surface area contributed by atoms with E-state index in [1.54, 1.807) is 0 Å². The molecule has 0 heterocycles. The van der Waals surface area contributed by atoms with Gasteiger partial charge in [0.1, 0.15) is 0 Å². The number of nitrogens with zero attached hydrogens (tertiary/aromatic N) is 1. The lowest BCUT2D eigenvalue weighted by molar-refractivity contribution is -0.181. The topological polar surface area (TPSA) is 79.2 Å². The van der Waals surface area contributed by atoms with E-state index in [1.165, 1.54) is 29.2 Å². The average Bonchev–Trinajstić information content (AvgIpc) is 2.26. The third kappa shape index (κ3) is 6.19. The molecule has 0 unspecified atom stereocenters. The zero-order valence-corrected chi connectivity index (χ0v) is 10.3. The van der Waals surface area contributed by atoms with E-state index < -0.39 is 28.6 Å². The quantitative estimate of drug-likeness (QED) is 0.834. The maximum Gasteiger partial charge on any atom is 0.413 e. The highest BCUT2D eigenvalue weighted by atomic mass is 32.2. The van der Waals surface area contributed by atoms with Gasteiger partial charge in [0.25, 0.3) is 0 Å². The molecule has 0 amide bonds. The van der Waals surface area contributed by atoms with E-state index in [1.807, 2.05) is 6.07 Å². The number of benzene rings is 1. The molecule has 0 aromatic heterocycles. The number of halogens is 3. The molecule has 19 heavy (non-hydrogen) atoms. The smallest absolute Gasteiger partial charge is 0.278 e. The molecule has 1 rings (SSSR count). The summed E-state index contributed by atoms with van der Waals surface area (Å²) in [5.41, 5.74) is 0.520. The Kier molecular flexibility index (Phi) is 4.88. The number of rotatable bonds is 5. The van der Waals surface area contributed by atoms with E-state index in [0.29, 0.717) is 0 Å². The van der Waals surface area contributed by atoms with Crippen molar-refractivity contribution in [3.05, 3.63) is 35.4 Å². The molecule has 0 atom stereocenters. The molecule has 0 bridgehead atoms. The van der Waals surface area contributed by atoms with Crippen LogP contribution in [0.1, 0.15) is 11.1 Å². The van der Waals surface area contributed by atoms with Gasteiger partial charge in [-0.05, 0) is 17.7 Å². The molecule has 0 saturated heterocycles. The molecule has 1 aromatic carbocycles. The molecule has 0 aliphatic heterocycles. The van der Waals surface area contributed by atoms with Gasteiger partial charge in [-0.15, -0.1) is 0 Å². The summed E-state index contributed by atoms with van der Waals surface area (Å²) in [6, 6.07) is 7.53. The van der Waals surface area contributed by atoms with Crippen LogP contribution in [-0.4, -0.2) is 21.2 Å². The van der Waals surface area contributed by atoms with Crippen LogP contribution in [0.15, 0.2) is 24.3 Å². The molecule has 104 valence electrons. The van der Waals surface area contributed by atoms with Crippen molar-refractivity contribution in [3.8, 4) is 6.07 Å². The van der Waals surface area contributed by atoms with Crippen LogP contribution in [0.4, 0.5) is 13.2 Å². The van der Waals surface area contributed by atoms with E-state index in [0.717, 1.165) is 0 Å². The second kappa shape index (κ2) is 6.01. The van der Waals surface area contributed by atoms with E-state index in [9.17, 15) is 21.6 Å². The maximum atomic E-state index is 11.8. The Hall–Kier alpha value is -1.63. The summed E-state index contributed by atoms with van der Waals surface area (Å²) in [5, 5.41) is 8.63. The standard InChI is InChI=1S/C10H9F3N2O3S/c11-10(12,13)7-18-15-19(16,17)6-9-3-1-2-8(4-9)5-14/h1-4,15H,6-7H2. The molecule has 1 aromatic rings. The van der Waals surface area contributed by atoms with Gasteiger partial charge in [-0.25, -0.2) is 8.42 Å². The Morgan fingerprint density at radius 3 is 2.63 bits per heavy atom. The first-order valence-electron chi connectivity index (χ1n) is 4.89. The summed E-state index contributed by atoms with van der Waals surface area (Å²) in [5.74, 6) is -0.583. The monoisotopic (exact) mass is 294 g/mol. The summed E-state index contributed by atoms with van der Waals surface area (Å²) in [6.07, 6.45) is -4.62. The SMILES string of the molecule is N#Cc1cccc(CS(=O)(=O)NOCC(F)(F)F)c1. The molecular formula is C10H9F3N2O3S. The van der Waals surface area contributed by atoms with Gasteiger partial charge in [-0.3, -0.25) is 4.84 Å². The third-order valence-corrected chi connectivity index (χ3v) is 2.92. The van der Waals surface area contributed by atoms with Gasteiger partial charge >= 0.3 is 6.18 Å². The van der Waals surface area contributed by atoms with Gasteiger partial charge < -0.3 is 0 Å². The largest absolute Gasteiger partial charge is 0.413 e. The van der Waals surface area contributed by atoms with Crippen LogP contribution in [-0.2, 0) is 20.6 Å². The van der Waals surface area contributed by atoms with Crippen LogP contribution in [0.25, 0.3) is 0 Å². The number of hydrogen-bond acceptors (Lipinski definition) is 4. The fourth-order valence-corrected chi connectivity index (χ4v) is 2.10. The van der Waals surface area contributed by atoms with Gasteiger partial charge in [0.2, 0.25) is 10.0 Å². The Balaban J connectivity index is 2.62. The van der Waals surface area contributed by atoms with Crippen molar-refractivity contribution in [3.63, 3.8) is 0 Å². The number of nitrogens with one attached hydrogen (secondary N) is 1. The Morgan fingerprint density at radius 2 is 2.05 bits per heavy atom. The zero-order valence-electron chi connectivity index (χ0n) is 9.44. The van der Waals surface area contributed by atoms with Crippen LogP contribution in [0.3, 0.4) is 0 Å². The van der Waals surface area contributed by atoms with E-state index in [4.69, 9.17) is 5.26 Å². The fourth-order valence-electron chi connectivity index (χ4n) is 1.18. The lowest BCUT2D eigenvalue weighted by Gasteiger charge is -2.09. The predicted octanol–water partition coefficient (Wildman–Crippen LogP) is 1.47. The molecule has 0 aliphatic carbocycles. The molecule has 0 radical (unpaired) electrons. The number of hydrogen-bond donors (Lipinski definition) is 1. The first-order valence-corrected chi connectivity index (χ1v) is 6.54. The van der Waals surface area contributed by atoms with Gasteiger partial charge in [0.05, 0.1) is 17.4 Å². The number of alkyl halides is 3. The van der Waals surface area contributed by atoms with Crippen molar-refractivity contribution in [2.24, 2.45) is 0 Å². The van der Waals surface area contributed by atoms with Crippen molar-refractivity contribution in [1.82, 2.24) is 4.89 Å². The summed E-state index contributed by atoms with van der Waals surface area (Å²) in [7, 11) is -4.06. The molecule has 9 heteroatoms. The lowest BCUT2D eigenvalue weighted by Crippen LogP contribution is -2.30. The van der Waals surface area contributed by atoms with Crippen molar-refractivity contribution >= 4 is 10.0 Å². The Bertz CT molecular complexity index is 578. The molecule has 1 N–H and O–H groups in total. The maximum absolute atomic E-state index is 11.8. The van der Waals surface area contributed by atoms with E-state index in [-0.39, 0.29) is 11.1 Å². The van der Waals surface area contributed by atoms with Crippen molar-refractivity contribution in [2.75, 3.05) is 6.61 Å². The van der Waals surface area contributed by atoms with E-state index in [2.05, 4.69) is 4.84 Å². The van der Waals surface area contributed by atoms with Gasteiger partial charge in [-0.1, -0.05) is 17.0 Å². The summed E-state index contributed by atoms with van der Waals surface area (Å²) in [6.45, 7) is -1.72. The Morgan fingerprint density at radius 1 is 1.37 bits per heavy atom. The highest BCUT2D eigenvalue weighted by Gasteiger charge is 2.28.